The zero-order valence-electron chi connectivity index (χ0n) is 17.6. The summed E-state index contributed by atoms with van der Waals surface area (Å²) in [4.78, 5) is 12.6. The van der Waals surface area contributed by atoms with E-state index in [1.165, 1.54) is 17.3 Å². The van der Waals surface area contributed by atoms with E-state index in [4.69, 9.17) is 0 Å². The van der Waals surface area contributed by atoms with Crippen LogP contribution in [0.25, 0.3) is 5.69 Å². The molecule has 0 unspecified atom stereocenters. The summed E-state index contributed by atoms with van der Waals surface area (Å²) in [7, 11) is 0. The van der Waals surface area contributed by atoms with Crippen LogP contribution < -0.4 is 5.32 Å². The molecular weight excluding hydrogens is 404 g/mol. The fourth-order valence-electron chi connectivity index (χ4n) is 3.39. The maximum atomic E-state index is 12.6. The van der Waals surface area contributed by atoms with Gasteiger partial charge in [-0.3, -0.25) is 9.36 Å². The molecule has 0 aliphatic heterocycles. The number of aryl methyl sites for hydroxylation is 2. The van der Waals surface area contributed by atoms with Crippen molar-refractivity contribution in [3.63, 3.8) is 0 Å². The van der Waals surface area contributed by atoms with Crippen LogP contribution in [0.3, 0.4) is 0 Å². The molecule has 31 heavy (non-hydrogen) atoms. The van der Waals surface area contributed by atoms with Crippen molar-refractivity contribution < 1.29 is 4.79 Å². The summed E-state index contributed by atoms with van der Waals surface area (Å²) < 4.78 is 2.03. The quantitative estimate of drug-likeness (QED) is 0.411. The molecule has 6 heteroatoms. The van der Waals surface area contributed by atoms with Crippen LogP contribution >= 0.6 is 11.8 Å². The minimum absolute atomic E-state index is 0.0656. The number of nitrogens with zero attached hydrogens (tertiary/aromatic N) is 3. The van der Waals surface area contributed by atoms with Gasteiger partial charge in [0.15, 0.2) is 5.16 Å². The highest BCUT2D eigenvalue weighted by molar-refractivity contribution is 7.99. The molecule has 0 fully saturated rings. The van der Waals surface area contributed by atoms with Crippen molar-refractivity contribution in [1.29, 1.82) is 0 Å². The fraction of sp³-hybridized carbons (Fsp3) is 0.160. The first-order chi connectivity index (χ1) is 15.1. The van der Waals surface area contributed by atoms with Crippen LogP contribution in [0.4, 0.5) is 5.69 Å². The summed E-state index contributed by atoms with van der Waals surface area (Å²) in [6.45, 7) is 4.04. The van der Waals surface area contributed by atoms with Gasteiger partial charge in [0.2, 0.25) is 5.91 Å². The number of aromatic nitrogens is 3. The van der Waals surface area contributed by atoms with Crippen molar-refractivity contribution in [3.05, 3.63) is 101 Å². The van der Waals surface area contributed by atoms with Crippen molar-refractivity contribution in [3.8, 4) is 5.69 Å². The third-order valence-corrected chi connectivity index (χ3v) is 5.84. The molecule has 0 atom stereocenters. The summed E-state index contributed by atoms with van der Waals surface area (Å²) in [6, 6.07) is 26.2. The molecule has 0 bridgehead atoms. The van der Waals surface area contributed by atoms with Gasteiger partial charge in [-0.2, -0.15) is 0 Å². The molecule has 0 radical (unpaired) electrons. The highest BCUT2D eigenvalue weighted by Gasteiger charge is 2.16. The molecule has 156 valence electrons. The van der Waals surface area contributed by atoms with Crippen LogP contribution in [-0.2, 0) is 11.2 Å². The van der Waals surface area contributed by atoms with E-state index in [2.05, 4.69) is 33.7 Å². The van der Waals surface area contributed by atoms with Crippen molar-refractivity contribution in [2.24, 2.45) is 0 Å². The van der Waals surface area contributed by atoms with Gasteiger partial charge in [-0.1, -0.05) is 78.0 Å². The summed E-state index contributed by atoms with van der Waals surface area (Å²) >= 11 is 1.39. The number of rotatable bonds is 7. The third-order valence-electron chi connectivity index (χ3n) is 4.91. The van der Waals surface area contributed by atoms with Gasteiger partial charge in [0.25, 0.3) is 0 Å². The average molecular weight is 429 g/mol. The SMILES string of the molecule is Cc1ccc(NC(=O)CSc2nnc(Cc3ccccc3)n2-c2ccccc2)c(C)c1. The Hall–Kier alpha value is -3.38. The molecule has 0 aliphatic rings. The number of thioether (sulfide) groups is 1. The van der Waals surface area contributed by atoms with Gasteiger partial charge < -0.3 is 5.32 Å². The molecule has 0 saturated carbocycles. The number of benzene rings is 3. The average Bonchev–Trinajstić information content (AvgIpc) is 3.18. The lowest BCUT2D eigenvalue weighted by atomic mass is 10.1. The highest BCUT2D eigenvalue weighted by atomic mass is 32.2. The maximum Gasteiger partial charge on any atom is 0.234 e. The van der Waals surface area contributed by atoms with Gasteiger partial charge in [0.1, 0.15) is 5.82 Å². The molecule has 4 rings (SSSR count). The van der Waals surface area contributed by atoms with E-state index in [0.29, 0.717) is 11.6 Å². The summed E-state index contributed by atoms with van der Waals surface area (Å²) in [6.07, 6.45) is 0.665. The summed E-state index contributed by atoms with van der Waals surface area (Å²) in [5, 5.41) is 12.5. The van der Waals surface area contributed by atoms with Gasteiger partial charge in [-0.05, 0) is 43.2 Å². The van der Waals surface area contributed by atoms with Crippen molar-refractivity contribution >= 4 is 23.4 Å². The normalized spacial score (nSPS) is 10.8. The second kappa shape index (κ2) is 9.62. The Morgan fingerprint density at radius 3 is 2.35 bits per heavy atom. The molecule has 1 N–H and O–H groups in total. The number of anilines is 1. The van der Waals surface area contributed by atoms with Gasteiger partial charge in [0, 0.05) is 17.8 Å². The largest absolute Gasteiger partial charge is 0.325 e. The van der Waals surface area contributed by atoms with Gasteiger partial charge in [-0.15, -0.1) is 10.2 Å². The Morgan fingerprint density at radius 2 is 1.65 bits per heavy atom. The summed E-state index contributed by atoms with van der Waals surface area (Å²) in [5.74, 6) is 1.03. The Bertz CT molecular complexity index is 1170. The lowest BCUT2D eigenvalue weighted by Gasteiger charge is -2.11. The topological polar surface area (TPSA) is 59.8 Å². The first kappa shape index (κ1) is 20.9. The molecular formula is C25H24N4OS. The number of nitrogens with one attached hydrogen (secondary N) is 1. The number of hydrogen-bond donors (Lipinski definition) is 1. The number of para-hydroxylation sites is 1. The van der Waals surface area contributed by atoms with E-state index in [-0.39, 0.29) is 11.7 Å². The number of amides is 1. The smallest absolute Gasteiger partial charge is 0.234 e. The second-order valence-electron chi connectivity index (χ2n) is 7.39. The number of carbonyl (C=O) groups excluding carboxylic acids is 1. The lowest BCUT2D eigenvalue weighted by Crippen LogP contribution is -2.15. The first-order valence-electron chi connectivity index (χ1n) is 10.1. The van der Waals surface area contributed by atoms with Crippen LogP contribution in [-0.4, -0.2) is 26.4 Å². The van der Waals surface area contributed by atoms with E-state index >= 15 is 0 Å². The second-order valence-corrected chi connectivity index (χ2v) is 8.33. The fourth-order valence-corrected chi connectivity index (χ4v) is 4.16. The Kier molecular flexibility index (Phi) is 6.48. The molecule has 5 nitrogen and oxygen atoms in total. The standard InChI is InChI=1S/C25H24N4OS/c1-18-13-14-22(19(2)15-18)26-24(30)17-31-25-28-27-23(16-20-9-5-3-6-10-20)29(25)21-11-7-4-8-12-21/h3-15H,16-17H2,1-2H3,(H,26,30). The number of hydrogen-bond acceptors (Lipinski definition) is 4. The van der Waals surface area contributed by atoms with Gasteiger partial charge in [0.05, 0.1) is 5.75 Å². The number of carbonyl (C=O) groups is 1. The van der Waals surface area contributed by atoms with E-state index in [1.807, 2.05) is 79.1 Å². The van der Waals surface area contributed by atoms with Crippen molar-refractivity contribution in [2.75, 3.05) is 11.1 Å². The monoisotopic (exact) mass is 428 g/mol. The van der Waals surface area contributed by atoms with E-state index in [1.54, 1.807) is 0 Å². The lowest BCUT2D eigenvalue weighted by molar-refractivity contribution is -0.113. The maximum absolute atomic E-state index is 12.6. The van der Waals surface area contributed by atoms with E-state index in [0.717, 1.165) is 28.3 Å². The molecule has 1 aromatic heterocycles. The zero-order valence-corrected chi connectivity index (χ0v) is 18.4. The predicted octanol–water partition coefficient (Wildman–Crippen LogP) is 5.21. The van der Waals surface area contributed by atoms with Crippen LogP contribution in [0.1, 0.15) is 22.5 Å². The van der Waals surface area contributed by atoms with E-state index < -0.39 is 0 Å². The van der Waals surface area contributed by atoms with E-state index in [9.17, 15) is 4.79 Å². The molecule has 3 aromatic carbocycles. The molecule has 0 saturated heterocycles. The molecule has 4 aromatic rings. The van der Waals surface area contributed by atoms with Crippen LogP contribution in [0, 0.1) is 13.8 Å². The molecule has 0 aliphatic carbocycles. The molecule has 0 spiro atoms. The minimum atomic E-state index is -0.0656. The van der Waals surface area contributed by atoms with Crippen LogP contribution in [0.5, 0.6) is 0 Å². The first-order valence-corrected chi connectivity index (χ1v) is 11.1. The van der Waals surface area contributed by atoms with Crippen LogP contribution in [0.15, 0.2) is 84.0 Å². The van der Waals surface area contributed by atoms with Crippen molar-refractivity contribution in [1.82, 2.24) is 14.8 Å². The predicted molar refractivity (Wildman–Crippen MR) is 126 cm³/mol. The third kappa shape index (κ3) is 5.22. The Morgan fingerprint density at radius 1 is 0.935 bits per heavy atom. The van der Waals surface area contributed by atoms with Crippen LogP contribution in [0.2, 0.25) is 0 Å². The van der Waals surface area contributed by atoms with Crippen molar-refractivity contribution in [2.45, 2.75) is 25.4 Å². The highest BCUT2D eigenvalue weighted by Crippen LogP contribution is 2.24. The Labute approximate surface area is 186 Å². The Balaban J connectivity index is 1.53. The van der Waals surface area contributed by atoms with Gasteiger partial charge in [-0.25, -0.2) is 0 Å². The molecule has 1 amide bonds. The summed E-state index contributed by atoms with van der Waals surface area (Å²) in [5.41, 5.74) is 5.21. The van der Waals surface area contributed by atoms with Gasteiger partial charge >= 0.3 is 0 Å². The molecule has 1 heterocycles. The minimum Gasteiger partial charge on any atom is -0.325 e. The zero-order chi connectivity index (χ0) is 21.6.